The van der Waals surface area contributed by atoms with Crippen molar-refractivity contribution in [2.45, 2.75) is 11.0 Å². The molecular weight excluding hydrogens is 276 g/mol. The Bertz CT molecular complexity index is 429. The number of nitrogens with zero attached hydrogens (tertiary/aromatic N) is 1. The van der Waals surface area contributed by atoms with Crippen LogP contribution in [-0.4, -0.2) is 54.8 Å². The second-order valence-electron chi connectivity index (χ2n) is 4.07. The monoisotopic (exact) mass is 298 g/mol. The Morgan fingerprint density at radius 3 is 2.85 bits per heavy atom. The van der Waals surface area contributed by atoms with E-state index in [1.165, 1.54) is 0 Å². The van der Waals surface area contributed by atoms with Gasteiger partial charge in [-0.2, -0.15) is 0 Å². The Labute approximate surface area is 123 Å². The summed E-state index contributed by atoms with van der Waals surface area (Å²) in [5.74, 6) is 0.532. The van der Waals surface area contributed by atoms with Gasteiger partial charge in [0.25, 0.3) is 0 Å². The Hall–Kier alpha value is -1.28. The van der Waals surface area contributed by atoms with Crippen molar-refractivity contribution in [1.82, 2.24) is 5.32 Å². The molecule has 0 saturated carbocycles. The smallest absolute Gasteiger partial charge is 0.195 e. The maximum atomic E-state index is 9.36. The number of hydrogen-bond acceptors (Lipinski definition) is 5. The van der Waals surface area contributed by atoms with Crippen LogP contribution in [0.25, 0.3) is 0 Å². The van der Waals surface area contributed by atoms with E-state index >= 15 is 0 Å². The zero-order chi connectivity index (χ0) is 14.8. The maximum Gasteiger partial charge on any atom is 0.195 e. The third-order valence-electron chi connectivity index (χ3n) is 2.47. The van der Waals surface area contributed by atoms with Gasteiger partial charge in [0.05, 0.1) is 24.9 Å². The molecule has 0 radical (unpaired) electrons. The number of para-hydroxylation sites is 1. The second-order valence-corrected chi connectivity index (χ2v) is 4.91. The fourth-order valence-electron chi connectivity index (χ4n) is 1.46. The van der Waals surface area contributed by atoms with Crippen molar-refractivity contribution in [3.05, 3.63) is 24.3 Å². The molecule has 0 saturated heterocycles. The SMILES string of the molecule is CSc1ccccc1NC(=NCC(O)CO)NCCN. The van der Waals surface area contributed by atoms with Crippen LogP contribution < -0.4 is 16.4 Å². The summed E-state index contributed by atoms with van der Waals surface area (Å²) in [5.41, 5.74) is 6.40. The molecule has 1 aromatic rings. The number of nitrogens with one attached hydrogen (secondary N) is 2. The summed E-state index contributed by atoms with van der Waals surface area (Å²) in [6, 6.07) is 7.87. The normalized spacial score (nSPS) is 13.1. The largest absolute Gasteiger partial charge is 0.394 e. The first-order valence-corrected chi connectivity index (χ1v) is 7.61. The molecule has 6 nitrogen and oxygen atoms in total. The molecule has 1 unspecified atom stereocenters. The van der Waals surface area contributed by atoms with Gasteiger partial charge >= 0.3 is 0 Å². The molecule has 0 fully saturated rings. The van der Waals surface area contributed by atoms with Crippen molar-refractivity contribution in [1.29, 1.82) is 0 Å². The summed E-state index contributed by atoms with van der Waals surface area (Å²) < 4.78 is 0. The Morgan fingerprint density at radius 1 is 1.45 bits per heavy atom. The van der Waals surface area contributed by atoms with Gasteiger partial charge in [-0.25, -0.2) is 0 Å². The number of hydrogen-bond donors (Lipinski definition) is 5. The molecule has 1 aromatic carbocycles. The first-order valence-electron chi connectivity index (χ1n) is 6.38. The molecule has 0 amide bonds. The number of aliphatic hydroxyl groups is 2. The van der Waals surface area contributed by atoms with E-state index in [9.17, 15) is 5.11 Å². The molecule has 0 spiro atoms. The van der Waals surface area contributed by atoms with E-state index in [4.69, 9.17) is 10.8 Å². The highest BCUT2D eigenvalue weighted by Gasteiger charge is 2.06. The molecule has 0 aromatic heterocycles. The van der Waals surface area contributed by atoms with Crippen molar-refractivity contribution in [2.75, 3.05) is 37.8 Å². The minimum Gasteiger partial charge on any atom is -0.394 e. The highest BCUT2D eigenvalue weighted by molar-refractivity contribution is 7.98. The van der Waals surface area contributed by atoms with E-state index in [1.54, 1.807) is 11.8 Å². The molecular formula is C13H22N4O2S. The fraction of sp³-hybridized carbons (Fsp3) is 0.462. The molecule has 0 heterocycles. The van der Waals surface area contributed by atoms with Crippen LogP contribution >= 0.6 is 11.8 Å². The summed E-state index contributed by atoms with van der Waals surface area (Å²) in [6.45, 7) is 0.864. The lowest BCUT2D eigenvalue weighted by atomic mass is 10.3. The van der Waals surface area contributed by atoms with Crippen molar-refractivity contribution in [3.8, 4) is 0 Å². The van der Waals surface area contributed by atoms with Crippen LogP contribution in [-0.2, 0) is 0 Å². The second kappa shape index (κ2) is 9.60. The third-order valence-corrected chi connectivity index (χ3v) is 3.26. The average Bonchev–Trinajstić information content (AvgIpc) is 2.49. The van der Waals surface area contributed by atoms with Crippen molar-refractivity contribution >= 4 is 23.4 Å². The van der Waals surface area contributed by atoms with Crippen LogP contribution in [0.5, 0.6) is 0 Å². The molecule has 7 heteroatoms. The van der Waals surface area contributed by atoms with Gasteiger partial charge in [0.1, 0.15) is 0 Å². The van der Waals surface area contributed by atoms with E-state index in [0.717, 1.165) is 10.6 Å². The molecule has 0 aliphatic heterocycles. The van der Waals surface area contributed by atoms with Crippen LogP contribution in [0.15, 0.2) is 34.2 Å². The van der Waals surface area contributed by atoms with Crippen LogP contribution in [0.1, 0.15) is 0 Å². The van der Waals surface area contributed by atoms with Gasteiger partial charge in [-0.05, 0) is 18.4 Å². The zero-order valence-electron chi connectivity index (χ0n) is 11.5. The summed E-state index contributed by atoms with van der Waals surface area (Å²) >= 11 is 1.63. The standard InChI is InChI=1S/C13H22N4O2S/c1-20-12-5-3-2-4-11(12)17-13(15-7-6-14)16-8-10(19)9-18/h2-5,10,18-19H,6-9,14H2,1H3,(H2,15,16,17). The number of aliphatic hydroxyl groups excluding tert-OH is 2. The van der Waals surface area contributed by atoms with E-state index < -0.39 is 6.10 Å². The Morgan fingerprint density at radius 2 is 2.20 bits per heavy atom. The first-order chi connectivity index (χ1) is 9.71. The highest BCUT2D eigenvalue weighted by atomic mass is 32.2. The lowest BCUT2D eigenvalue weighted by molar-refractivity contribution is 0.102. The predicted molar refractivity (Wildman–Crippen MR) is 84.3 cm³/mol. The van der Waals surface area contributed by atoms with E-state index in [1.807, 2.05) is 30.5 Å². The van der Waals surface area contributed by atoms with Crippen molar-refractivity contribution in [2.24, 2.45) is 10.7 Å². The lowest BCUT2D eigenvalue weighted by Crippen LogP contribution is -2.35. The number of nitrogens with two attached hydrogens (primary N) is 1. The molecule has 20 heavy (non-hydrogen) atoms. The summed E-state index contributed by atoms with van der Waals surface area (Å²) in [5, 5.41) is 24.4. The maximum absolute atomic E-state index is 9.36. The van der Waals surface area contributed by atoms with E-state index in [2.05, 4.69) is 15.6 Å². The molecule has 0 bridgehead atoms. The molecule has 0 aliphatic rings. The molecule has 1 atom stereocenters. The van der Waals surface area contributed by atoms with Crippen LogP contribution in [0.3, 0.4) is 0 Å². The number of aliphatic imine (C=N–C) groups is 1. The molecule has 112 valence electrons. The summed E-state index contributed by atoms with van der Waals surface area (Å²) in [4.78, 5) is 5.32. The van der Waals surface area contributed by atoms with Gasteiger partial charge in [-0.3, -0.25) is 4.99 Å². The summed E-state index contributed by atoms with van der Waals surface area (Å²) in [6.07, 6.45) is 1.14. The molecule has 6 N–H and O–H groups in total. The Balaban J connectivity index is 2.77. The number of rotatable bonds is 7. The van der Waals surface area contributed by atoms with E-state index in [0.29, 0.717) is 19.0 Å². The topological polar surface area (TPSA) is 103 Å². The number of guanidine groups is 1. The van der Waals surface area contributed by atoms with Gasteiger partial charge in [-0.1, -0.05) is 12.1 Å². The Kier molecular flexibility index (Phi) is 8.05. The zero-order valence-corrected chi connectivity index (χ0v) is 12.4. The van der Waals surface area contributed by atoms with Gasteiger partial charge < -0.3 is 26.6 Å². The first kappa shape index (κ1) is 16.8. The number of benzene rings is 1. The fourth-order valence-corrected chi connectivity index (χ4v) is 2.01. The molecule has 1 rings (SSSR count). The van der Waals surface area contributed by atoms with Gasteiger partial charge in [0.2, 0.25) is 0 Å². The minimum atomic E-state index is -0.859. The van der Waals surface area contributed by atoms with Gasteiger partial charge in [-0.15, -0.1) is 11.8 Å². The third kappa shape index (κ3) is 5.79. The van der Waals surface area contributed by atoms with Crippen LogP contribution in [0.4, 0.5) is 5.69 Å². The van der Waals surface area contributed by atoms with Crippen LogP contribution in [0, 0.1) is 0 Å². The molecule has 0 aliphatic carbocycles. The summed E-state index contributed by atoms with van der Waals surface area (Å²) in [7, 11) is 0. The number of anilines is 1. The van der Waals surface area contributed by atoms with Crippen LogP contribution in [0.2, 0.25) is 0 Å². The average molecular weight is 298 g/mol. The van der Waals surface area contributed by atoms with Crippen molar-refractivity contribution < 1.29 is 10.2 Å². The van der Waals surface area contributed by atoms with Crippen molar-refractivity contribution in [3.63, 3.8) is 0 Å². The van der Waals surface area contributed by atoms with Gasteiger partial charge in [0, 0.05) is 18.0 Å². The highest BCUT2D eigenvalue weighted by Crippen LogP contribution is 2.24. The predicted octanol–water partition coefficient (Wildman–Crippen LogP) is 0.0779. The van der Waals surface area contributed by atoms with Gasteiger partial charge in [0.15, 0.2) is 5.96 Å². The quantitative estimate of drug-likeness (QED) is 0.277. The number of thioether (sulfide) groups is 1. The minimum absolute atomic E-state index is 0.123. The lowest BCUT2D eigenvalue weighted by Gasteiger charge is -2.15. The van der Waals surface area contributed by atoms with E-state index in [-0.39, 0.29) is 13.2 Å².